The van der Waals surface area contributed by atoms with Crippen LogP contribution in [0.3, 0.4) is 0 Å². The Morgan fingerprint density at radius 1 is 1.19 bits per heavy atom. The summed E-state index contributed by atoms with van der Waals surface area (Å²) in [4.78, 5) is 16.7. The third-order valence-electron chi connectivity index (χ3n) is 5.25. The van der Waals surface area contributed by atoms with Gasteiger partial charge in [-0.05, 0) is 37.2 Å². The van der Waals surface area contributed by atoms with E-state index >= 15 is 0 Å². The number of amides is 1. The maximum atomic E-state index is 13.1. The van der Waals surface area contributed by atoms with Crippen LogP contribution in [0.25, 0.3) is 6.08 Å². The lowest BCUT2D eigenvalue weighted by Crippen LogP contribution is -2.41. The summed E-state index contributed by atoms with van der Waals surface area (Å²) in [7, 11) is 3.44. The summed E-state index contributed by atoms with van der Waals surface area (Å²) in [5.41, 5.74) is 1.32. The van der Waals surface area contributed by atoms with E-state index in [0.717, 1.165) is 31.2 Å². The van der Waals surface area contributed by atoms with Gasteiger partial charge in [-0.3, -0.25) is 9.69 Å². The molecule has 0 N–H and O–H groups in total. The Labute approximate surface area is 158 Å². The van der Waals surface area contributed by atoms with Crippen molar-refractivity contribution in [3.8, 4) is 17.2 Å². The maximum Gasteiger partial charge on any atom is 0.277 e. The van der Waals surface area contributed by atoms with Crippen molar-refractivity contribution < 1.29 is 19.0 Å². The van der Waals surface area contributed by atoms with E-state index in [1.807, 2.05) is 19.2 Å². The first-order chi connectivity index (χ1) is 12.6. The van der Waals surface area contributed by atoms with Crippen molar-refractivity contribution in [2.45, 2.75) is 38.1 Å². The van der Waals surface area contributed by atoms with Crippen molar-refractivity contribution in [1.82, 2.24) is 9.80 Å². The van der Waals surface area contributed by atoms with Crippen molar-refractivity contribution in [3.63, 3.8) is 0 Å². The molecule has 0 radical (unpaired) electrons. The Bertz CT molecular complexity index is 786. The number of benzene rings is 1. The summed E-state index contributed by atoms with van der Waals surface area (Å²) in [6.07, 6.45) is 7.38. The Kier molecular flexibility index (Phi) is 4.48. The Balaban J connectivity index is 1.69. The molecule has 2 heterocycles. The Hall–Kier alpha value is -2.28. The number of nitrogens with zero attached hydrogens (tertiary/aromatic N) is 2. The van der Waals surface area contributed by atoms with Gasteiger partial charge in [0.25, 0.3) is 5.91 Å². The standard InChI is InChI=1S/C19H22N2O4S/c1-20-14(18(22)21(19(20)26)13-6-4-3-5-7-13)8-12-9-16-17(25-11-24-16)10-15(12)23-2/h8-10,13H,3-7,11H2,1-2H3/b14-8-. The van der Waals surface area contributed by atoms with E-state index in [4.69, 9.17) is 26.4 Å². The highest BCUT2D eigenvalue weighted by Crippen LogP contribution is 2.40. The fourth-order valence-electron chi connectivity index (χ4n) is 3.81. The lowest BCUT2D eigenvalue weighted by atomic mass is 9.94. The minimum Gasteiger partial charge on any atom is -0.496 e. The molecule has 0 atom stereocenters. The van der Waals surface area contributed by atoms with Gasteiger partial charge in [-0.2, -0.15) is 0 Å². The molecule has 7 heteroatoms. The van der Waals surface area contributed by atoms with Gasteiger partial charge in [-0.1, -0.05) is 19.3 Å². The van der Waals surface area contributed by atoms with Crippen molar-refractivity contribution in [3.05, 3.63) is 23.4 Å². The van der Waals surface area contributed by atoms with Crippen molar-refractivity contribution >= 4 is 29.3 Å². The van der Waals surface area contributed by atoms with E-state index < -0.39 is 0 Å². The predicted octanol–water partition coefficient (Wildman–Crippen LogP) is 3.16. The minimum absolute atomic E-state index is 0.0379. The summed E-state index contributed by atoms with van der Waals surface area (Å²) in [6, 6.07) is 3.82. The van der Waals surface area contributed by atoms with E-state index in [1.54, 1.807) is 23.0 Å². The lowest BCUT2D eigenvalue weighted by molar-refractivity contribution is -0.124. The normalized spacial score (nSPS) is 21.8. The molecular formula is C19H22N2O4S. The largest absolute Gasteiger partial charge is 0.496 e. The van der Waals surface area contributed by atoms with E-state index in [0.29, 0.717) is 28.1 Å². The van der Waals surface area contributed by atoms with Crippen LogP contribution in [0, 0.1) is 0 Å². The number of hydrogen-bond acceptors (Lipinski definition) is 5. The first kappa shape index (κ1) is 17.1. The molecule has 1 amide bonds. The fraction of sp³-hybridized carbons (Fsp3) is 0.474. The number of likely N-dealkylation sites (N-methyl/N-ethyl adjacent to an activating group) is 1. The monoisotopic (exact) mass is 374 g/mol. The maximum absolute atomic E-state index is 13.1. The van der Waals surface area contributed by atoms with E-state index in [9.17, 15) is 4.79 Å². The molecule has 1 saturated carbocycles. The van der Waals surface area contributed by atoms with Crippen LogP contribution in [0.1, 0.15) is 37.7 Å². The summed E-state index contributed by atoms with van der Waals surface area (Å²) >= 11 is 5.57. The number of hydrogen-bond donors (Lipinski definition) is 0. The quantitative estimate of drug-likeness (QED) is 0.598. The molecule has 1 saturated heterocycles. The summed E-state index contributed by atoms with van der Waals surface area (Å²) in [6.45, 7) is 0.191. The van der Waals surface area contributed by atoms with Crippen molar-refractivity contribution in [1.29, 1.82) is 0 Å². The fourth-order valence-corrected chi connectivity index (χ4v) is 4.14. The minimum atomic E-state index is -0.0379. The van der Waals surface area contributed by atoms with Crippen molar-refractivity contribution in [2.75, 3.05) is 21.0 Å². The van der Waals surface area contributed by atoms with Crippen LogP contribution >= 0.6 is 12.2 Å². The number of ether oxygens (including phenoxy) is 3. The molecule has 6 nitrogen and oxygen atoms in total. The molecule has 2 aliphatic heterocycles. The Morgan fingerprint density at radius 2 is 1.88 bits per heavy atom. The molecule has 1 aromatic carbocycles. The smallest absolute Gasteiger partial charge is 0.277 e. The number of carbonyl (C=O) groups excluding carboxylic acids is 1. The average Bonchev–Trinajstić information content (AvgIpc) is 3.20. The summed E-state index contributed by atoms with van der Waals surface area (Å²) in [5, 5.41) is 0.577. The molecule has 2 fully saturated rings. The van der Waals surface area contributed by atoms with Gasteiger partial charge in [0, 0.05) is 24.7 Å². The van der Waals surface area contributed by atoms with Crippen LogP contribution in [0.15, 0.2) is 17.8 Å². The molecule has 138 valence electrons. The highest BCUT2D eigenvalue weighted by atomic mass is 32.1. The van der Waals surface area contributed by atoms with Gasteiger partial charge in [-0.15, -0.1) is 0 Å². The SMILES string of the molecule is COc1cc2c(cc1/C=C1/C(=O)N(C3CCCCC3)C(=S)N1C)OCO2. The zero-order chi connectivity index (χ0) is 18.3. The molecule has 0 unspecified atom stereocenters. The van der Waals surface area contributed by atoms with Crippen LogP contribution in [0.2, 0.25) is 0 Å². The zero-order valence-electron chi connectivity index (χ0n) is 15.0. The topological polar surface area (TPSA) is 51.2 Å². The van der Waals surface area contributed by atoms with Gasteiger partial charge < -0.3 is 19.1 Å². The van der Waals surface area contributed by atoms with E-state index in [-0.39, 0.29) is 18.7 Å². The Morgan fingerprint density at radius 3 is 2.58 bits per heavy atom. The number of thiocarbonyl (C=S) groups is 1. The van der Waals surface area contributed by atoms with Gasteiger partial charge in [0.05, 0.1) is 7.11 Å². The third kappa shape index (κ3) is 2.80. The molecule has 4 rings (SSSR count). The number of fused-ring (bicyclic) bond motifs is 1. The third-order valence-corrected chi connectivity index (χ3v) is 5.72. The van der Waals surface area contributed by atoms with E-state index in [1.165, 1.54) is 6.42 Å². The zero-order valence-corrected chi connectivity index (χ0v) is 15.8. The van der Waals surface area contributed by atoms with Gasteiger partial charge in [-0.25, -0.2) is 0 Å². The van der Waals surface area contributed by atoms with Crippen LogP contribution < -0.4 is 14.2 Å². The molecule has 1 aliphatic carbocycles. The number of rotatable bonds is 3. The second-order valence-corrected chi connectivity index (χ2v) is 7.15. The molecule has 0 spiro atoms. The van der Waals surface area contributed by atoms with Crippen LogP contribution in [0.5, 0.6) is 17.2 Å². The van der Waals surface area contributed by atoms with E-state index in [2.05, 4.69) is 0 Å². The van der Waals surface area contributed by atoms with Gasteiger partial charge in [0.1, 0.15) is 11.4 Å². The molecule has 26 heavy (non-hydrogen) atoms. The first-order valence-electron chi connectivity index (χ1n) is 8.90. The highest BCUT2D eigenvalue weighted by Gasteiger charge is 2.40. The first-order valence-corrected chi connectivity index (χ1v) is 9.31. The summed E-state index contributed by atoms with van der Waals surface area (Å²) in [5.74, 6) is 1.89. The van der Waals surface area contributed by atoms with Gasteiger partial charge >= 0.3 is 0 Å². The second-order valence-electron chi connectivity index (χ2n) is 6.79. The molecule has 1 aromatic rings. The lowest BCUT2D eigenvalue weighted by Gasteiger charge is -2.30. The second kappa shape index (κ2) is 6.79. The van der Waals surface area contributed by atoms with Crippen LogP contribution in [0.4, 0.5) is 0 Å². The average molecular weight is 374 g/mol. The van der Waals surface area contributed by atoms with Crippen LogP contribution in [-0.2, 0) is 4.79 Å². The number of methoxy groups -OCH3 is 1. The predicted molar refractivity (Wildman–Crippen MR) is 101 cm³/mol. The highest BCUT2D eigenvalue weighted by molar-refractivity contribution is 7.80. The number of carbonyl (C=O) groups is 1. The van der Waals surface area contributed by atoms with Gasteiger partial charge in [0.15, 0.2) is 16.6 Å². The molecular weight excluding hydrogens is 352 g/mol. The molecule has 0 bridgehead atoms. The molecule has 3 aliphatic rings. The summed E-state index contributed by atoms with van der Waals surface area (Å²) < 4.78 is 16.3. The van der Waals surface area contributed by atoms with Crippen LogP contribution in [-0.4, -0.2) is 47.8 Å². The van der Waals surface area contributed by atoms with Crippen molar-refractivity contribution in [2.24, 2.45) is 0 Å². The van der Waals surface area contributed by atoms with Gasteiger partial charge in [0.2, 0.25) is 6.79 Å². The molecule has 0 aromatic heterocycles.